The van der Waals surface area contributed by atoms with Crippen LogP contribution in [0.5, 0.6) is 0 Å². The Morgan fingerprint density at radius 2 is 2.00 bits per heavy atom. The van der Waals surface area contributed by atoms with Crippen molar-refractivity contribution in [3.8, 4) is 11.4 Å². The van der Waals surface area contributed by atoms with Crippen LogP contribution in [0, 0.1) is 11.7 Å². The van der Waals surface area contributed by atoms with Crippen molar-refractivity contribution in [2.45, 2.75) is 6.92 Å². The molecule has 0 radical (unpaired) electrons. The van der Waals surface area contributed by atoms with E-state index >= 15 is 0 Å². The van der Waals surface area contributed by atoms with Gasteiger partial charge >= 0.3 is 0 Å². The lowest BCUT2D eigenvalue weighted by Crippen LogP contribution is -1.95. The molecule has 3 rings (SSSR count). The molecule has 0 aliphatic heterocycles. The summed E-state index contributed by atoms with van der Waals surface area (Å²) in [6.45, 7) is 2.02. The minimum atomic E-state index is 0.399. The van der Waals surface area contributed by atoms with Gasteiger partial charge in [-0.05, 0) is 31.3 Å². The molecule has 0 atom stereocenters. The maximum atomic E-state index is 6.17. The Bertz CT molecular complexity index is 943. The zero-order valence-corrected chi connectivity index (χ0v) is 14.5. The van der Waals surface area contributed by atoms with Crippen molar-refractivity contribution in [3.05, 3.63) is 68.4 Å². The van der Waals surface area contributed by atoms with Crippen LogP contribution in [0.1, 0.15) is 11.1 Å². The molecule has 1 aromatic heterocycles. The number of nitrogens with one attached hydrogen (secondary N) is 1. The highest BCUT2D eigenvalue weighted by atomic mass is 35.5. The lowest BCUT2D eigenvalue weighted by molar-refractivity contribution is 0.871. The summed E-state index contributed by atoms with van der Waals surface area (Å²) in [5, 5.41) is 12.3. The lowest BCUT2D eigenvalue weighted by atomic mass is 10.1. The van der Waals surface area contributed by atoms with Gasteiger partial charge in [-0.1, -0.05) is 59.1 Å². The van der Waals surface area contributed by atoms with Crippen LogP contribution < -0.4 is 0 Å². The fraction of sp³-hybridized carbons (Fsp3) is 0.0625. The maximum Gasteiger partial charge on any atom is 0.216 e. The predicted octanol–water partition coefficient (Wildman–Crippen LogP) is 5.11. The summed E-state index contributed by atoms with van der Waals surface area (Å²) in [4.78, 5) is 0. The van der Waals surface area contributed by atoms with E-state index in [4.69, 9.17) is 35.4 Å². The minimum absolute atomic E-state index is 0.399. The Balaban J connectivity index is 2.04. The van der Waals surface area contributed by atoms with E-state index < -0.39 is 0 Å². The first-order chi connectivity index (χ1) is 11.1. The van der Waals surface area contributed by atoms with Crippen LogP contribution in [0.25, 0.3) is 11.4 Å². The summed E-state index contributed by atoms with van der Waals surface area (Å²) in [5.41, 5.74) is 2.76. The summed E-state index contributed by atoms with van der Waals surface area (Å²) >= 11 is 17.4. The van der Waals surface area contributed by atoms with E-state index in [1.807, 2.05) is 43.3 Å². The Hall–Kier alpha value is -1.95. The van der Waals surface area contributed by atoms with Crippen LogP contribution in [0.2, 0.25) is 10.0 Å². The molecule has 7 heteroatoms. The van der Waals surface area contributed by atoms with Gasteiger partial charge in [0.2, 0.25) is 4.77 Å². The Morgan fingerprint density at radius 3 is 2.78 bits per heavy atom. The molecule has 3 aromatic rings. The van der Waals surface area contributed by atoms with Gasteiger partial charge in [0.05, 0.1) is 16.3 Å². The van der Waals surface area contributed by atoms with E-state index in [0.717, 1.165) is 11.1 Å². The number of hydrogen-bond acceptors (Lipinski definition) is 3. The number of aromatic nitrogens is 3. The van der Waals surface area contributed by atoms with E-state index in [1.165, 1.54) is 0 Å². The number of halogens is 2. The molecule has 0 fully saturated rings. The number of aryl methyl sites for hydroxylation is 1. The van der Waals surface area contributed by atoms with Gasteiger partial charge in [0, 0.05) is 11.1 Å². The molecular weight excluding hydrogens is 351 g/mol. The standard InChI is InChI=1S/C16H12Cl2N4S/c1-10-4-2-5-11(8-10)15-20-21-16(23)22(15)19-9-12-6-3-7-13(17)14(12)18/h2-9H,1H3,(H,21,23)/b19-9-. The fourth-order valence-corrected chi connectivity index (χ4v) is 2.65. The van der Waals surface area contributed by atoms with Crippen molar-refractivity contribution in [1.82, 2.24) is 14.9 Å². The molecule has 0 bridgehead atoms. The number of hydrogen-bond donors (Lipinski definition) is 1. The molecule has 0 aliphatic rings. The molecule has 4 nitrogen and oxygen atoms in total. The highest BCUT2D eigenvalue weighted by molar-refractivity contribution is 7.71. The smallest absolute Gasteiger partial charge is 0.216 e. The molecule has 2 aromatic carbocycles. The number of aromatic amines is 1. The van der Waals surface area contributed by atoms with E-state index in [2.05, 4.69) is 15.3 Å². The van der Waals surface area contributed by atoms with Gasteiger partial charge in [0.15, 0.2) is 5.82 Å². The Labute approximate surface area is 148 Å². The molecule has 1 heterocycles. The van der Waals surface area contributed by atoms with Gasteiger partial charge in [-0.25, -0.2) is 5.10 Å². The Morgan fingerprint density at radius 1 is 1.22 bits per heavy atom. The molecule has 0 saturated carbocycles. The highest BCUT2D eigenvalue weighted by Crippen LogP contribution is 2.24. The number of benzene rings is 2. The summed E-state index contributed by atoms with van der Waals surface area (Å²) in [6.07, 6.45) is 1.61. The third kappa shape index (κ3) is 3.37. The van der Waals surface area contributed by atoms with Crippen molar-refractivity contribution in [3.63, 3.8) is 0 Å². The third-order valence-electron chi connectivity index (χ3n) is 3.22. The average Bonchev–Trinajstić information content (AvgIpc) is 2.90. The maximum absolute atomic E-state index is 6.17. The zero-order chi connectivity index (χ0) is 16.4. The fourth-order valence-electron chi connectivity index (χ4n) is 2.11. The van der Waals surface area contributed by atoms with Crippen LogP contribution in [0.15, 0.2) is 47.6 Å². The van der Waals surface area contributed by atoms with E-state index in [9.17, 15) is 0 Å². The first kappa shape index (κ1) is 15.9. The first-order valence-corrected chi connectivity index (χ1v) is 7.95. The number of nitrogens with zero attached hydrogens (tertiary/aromatic N) is 3. The first-order valence-electron chi connectivity index (χ1n) is 6.79. The van der Waals surface area contributed by atoms with Gasteiger partial charge in [0.25, 0.3) is 0 Å². The van der Waals surface area contributed by atoms with Gasteiger partial charge in [-0.3, -0.25) is 0 Å². The third-order valence-corrected chi connectivity index (χ3v) is 4.32. The lowest BCUT2D eigenvalue weighted by Gasteiger charge is -2.03. The zero-order valence-electron chi connectivity index (χ0n) is 12.1. The summed E-state index contributed by atoms with van der Waals surface area (Å²) in [7, 11) is 0. The SMILES string of the molecule is Cc1cccc(-c2n[nH]c(=S)n2/N=C\c2cccc(Cl)c2Cl)c1. The van der Waals surface area contributed by atoms with Gasteiger partial charge < -0.3 is 0 Å². The number of rotatable bonds is 3. The second-order valence-corrected chi connectivity index (χ2v) is 6.09. The van der Waals surface area contributed by atoms with Crippen molar-refractivity contribution in [1.29, 1.82) is 0 Å². The van der Waals surface area contributed by atoms with Gasteiger partial charge in [0.1, 0.15) is 0 Å². The van der Waals surface area contributed by atoms with E-state index in [-0.39, 0.29) is 0 Å². The topological polar surface area (TPSA) is 46.0 Å². The van der Waals surface area contributed by atoms with Crippen LogP contribution in [0.3, 0.4) is 0 Å². The molecule has 0 unspecified atom stereocenters. The van der Waals surface area contributed by atoms with Gasteiger partial charge in [-0.2, -0.15) is 14.9 Å². The van der Waals surface area contributed by atoms with Crippen molar-refractivity contribution in [2.24, 2.45) is 5.10 Å². The van der Waals surface area contributed by atoms with Crippen LogP contribution >= 0.6 is 35.4 Å². The molecule has 0 spiro atoms. The molecule has 0 amide bonds. The van der Waals surface area contributed by atoms with Crippen LogP contribution in [-0.4, -0.2) is 21.1 Å². The van der Waals surface area contributed by atoms with Crippen molar-refractivity contribution >= 4 is 41.6 Å². The Kier molecular flexibility index (Phi) is 4.61. The van der Waals surface area contributed by atoms with Crippen LogP contribution in [-0.2, 0) is 0 Å². The normalized spacial score (nSPS) is 11.3. The molecule has 116 valence electrons. The minimum Gasteiger partial charge on any atom is -0.250 e. The van der Waals surface area contributed by atoms with Crippen LogP contribution in [0.4, 0.5) is 0 Å². The molecular formula is C16H12Cl2N4S. The summed E-state index contributed by atoms with van der Waals surface area (Å²) < 4.78 is 1.96. The quantitative estimate of drug-likeness (QED) is 0.520. The van der Waals surface area contributed by atoms with E-state index in [0.29, 0.717) is 26.2 Å². The predicted molar refractivity (Wildman–Crippen MR) is 97.0 cm³/mol. The van der Waals surface area contributed by atoms with Crippen molar-refractivity contribution in [2.75, 3.05) is 0 Å². The molecule has 0 aliphatic carbocycles. The largest absolute Gasteiger partial charge is 0.250 e. The average molecular weight is 363 g/mol. The monoisotopic (exact) mass is 362 g/mol. The van der Waals surface area contributed by atoms with E-state index in [1.54, 1.807) is 17.0 Å². The van der Waals surface area contributed by atoms with Gasteiger partial charge in [-0.15, -0.1) is 0 Å². The molecule has 1 N–H and O–H groups in total. The van der Waals surface area contributed by atoms with Crippen molar-refractivity contribution < 1.29 is 0 Å². The number of H-pyrrole nitrogens is 1. The second kappa shape index (κ2) is 6.66. The second-order valence-electron chi connectivity index (χ2n) is 4.92. The molecule has 0 saturated heterocycles. The summed E-state index contributed by atoms with van der Waals surface area (Å²) in [5.74, 6) is 0.633. The summed E-state index contributed by atoms with van der Waals surface area (Å²) in [6, 6.07) is 13.3. The highest BCUT2D eigenvalue weighted by Gasteiger charge is 2.08. The molecule has 23 heavy (non-hydrogen) atoms.